The number of hydrogen-bond donors (Lipinski definition) is 0. The fourth-order valence-electron chi connectivity index (χ4n) is 6.40. The SMILES string of the molecule is Cl.Cl.O=C1[C@@H]2[C@@H]3C=C[C@@H]([C@@H]4C=C[C@@H]43)[C@@H]2C(=O)N1CCCCN1CCN(c2ncccn2)CC1. The molecule has 6 aliphatic rings. The molecule has 1 saturated carbocycles. The van der Waals surface area contributed by atoms with Crippen LogP contribution in [0.4, 0.5) is 5.95 Å². The van der Waals surface area contributed by atoms with Crippen LogP contribution in [0.25, 0.3) is 0 Å². The number of likely N-dealkylation sites (tertiary alicyclic amines) is 1. The van der Waals surface area contributed by atoms with E-state index < -0.39 is 0 Å². The number of carbonyl (C=O) groups excluding carboxylic acids is 2. The van der Waals surface area contributed by atoms with E-state index in [9.17, 15) is 9.59 Å². The number of halogens is 2. The zero-order chi connectivity index (χ0) is 20.9. The van der Waals surface area contributed by atoms with Gasteiger partial charge in [0.15, 0.2) is 0 Å². The van der Waals surface area contributed by atoms with E-state index in [0.29, 0.717) is 18.4 Å². The van der Waals surface area contributed by atoms with Gasteiger partial charge in [-0.05, 0) is 49.1 Å². The first-order chi connectivity index (χ1) is 15.2. The van der Waals surface area contributed by atoms with Gasteiger partial charge in [0.05, 0.1) is 11.8 Å². The average Bonchev–Trinajstić information content (AvgIpc) is 3.04. The first kappa shape index (κ1) is 24.2. The molecule has 6 atom stereocenters. The number of nitrogens with zero attached hydrogens (tertiary/aromatic N) is 5. The number of piperazine rings is 1. The number of carbonyl (C=O) groups is 2. The molecule has 9 heteroatoms. The molecule has 3 fully saturated rings. The molecule has 33 heavy (non-hydrogen) atoms. The van der Waals surface area contributed by atoms with Crippen LogP contribution in [0.3, 0.4) is 0 Å². The number of amides is 2. The van der Waals surface area contributed by atoms with E-state index in [1.165, 1.54) is 0 Å². The van der Waals surface area contributed by atoms with Crippen molar-refractivity contribution in [2.24, 2.45) is 35.5 Å². The van der Waals surface area contributed by atoms with Gasteiger partial charge in [-0.1, -0.05) is 24.3 Å². The Bertz CT molecular complexity index is 894. The van der Waals surface area contributed by atoms with Gasteiger partial charge < -0.3 is 4.90 Å². The van der Waals surface area contributed by atoms with Crippen LogP contribution in [0.15, 0.2) is 42.8 Å². The number of unbranched alkanes of at least 4 members (excludes halogenated alkanes) is 1. The Hall–Kier alpha value is -1.96. The van der Waals surface area contributed by atoms with Crippen LogP contribution in [-0.4, -0.2) is 70.9 Å². The average molecular weight is 492 g/mol. The molecule has 0 spiro atoms. The predicted molar refractivity (Wildman–Crippen MR) is 130 cm³/mol. The second kappa shape index (κ2) is 9.72. The van der Waals surface area contributed by atoms with Crippen LogP contribution in [0.2, 0.25) is 0 Å². The summed E-state index contributed by atoms with van der Waals surface area (Å²) in [5, 5.41) is 0. The number of rotatable bonds is 6. The molecule has 0 aromatic carbocycles. The summed E-state index contributed by atoms with van der Waals surface area (Å²) in [6.07, 6.45) is 14.4. The summed E-state index contributed by atoms with van der Waals surface area (Å²) in [7, 11) is 0. The third-order valence-corrected chi connectivity index (χ3v) is 8.08. The standard InChI is InChI=1S/C24H29N5O2.2ClH/c30-22-20-18-6-7-19(17-5-4-16(17)18)21(20)23(31)29(22)11-2-1-10-27-12-14-28(15-13-27)24-25-8-3-9-26-24;;/h3-9,16-21H,1-2,10-15H2;2*1H/t16-,17+,18+,19-,20+,21-;;. The highest BCUT2D eigenvalue weighted by Gasteiger charge is 2.62. The maximum atomic E-state index is 13.1. The van der Waals surface area contributed by atoms with Gasteiger partial charge in [0.25, 0.3) is 0 Å². The fourth-order valence-corrected chi connectivity index (χ4v) is 6.40. The van der Waals surface area contributed by atoms with Crippen molar-refractivity contribution in [3.8, 4) is 0 Å². The molecule has 7 rings (SSSR count). The number of imide groups is 1. The van der Waals surface area contributed by atoms with E-state index in [1.807, 2.05) is 6.07 Å². The van der Waals surface area contributed by atoms with Crippen molar-refractivity contribution in [3.05, 3.63) is 42.8 Å². The normalized spacial score (nSPS) is 33.8. The Morgan fingerprint density at radius 1 is 0.727 bits per heavy atom. The molecule has 7 nitrogen and oxygen atoms in total. The van der Waals surface area contributed by atoms with E-state index in [-0.39, 0.29) is 60.3 Å². The van der Waals surface area contributed by atoms with Crippen LogP contribution in [0.5, 0.6) is 0 Å². The van der Waals surface area contributed by atoms with Crippen molar-refractivity contribution in [1.82, 2.24) is 19.8 Å². The van der Waals surface area contributed by atoms with Gasteiger partial charge in [-0.25, -0.2) is 9.97 Å². The van der Waals surface area contributed by atoms with Gasteiger partial charge in [-0.3, -0.25) is 19.4 Å². The summed E-state index contributed by atoms with van der Waals surface area (Å²) in [5.41, 5.74) is 0. The summed E-state index contributed by atoms with van der Waals surface area (Å²) >= 11 is 0. The minimum atomic E-state index is -0.109. The van der Waals surface area contributed by atoms with Gasteiger partial charge in [-0.15, -0.1) is 24.8 Å². The van der Waals surface area contributed by atoms with Crippen LogP contribution >= 0.6 is 24.8 Å². The summed E-state index contributed by atoms with van der Waals surface area (Å²) in [4.78, 5) is 41.2. The van der Waals surface area contributed by atoms with Gasteiger partial charge in [0, 0.05) is 45.1 Å². The minimum Gasteiger partial charge on any atom is -0.338 e. The summed E-state index contributed by atoms with van der Waals surface area (Å²) in [6, 6.07) is 1.84. The largest absolute Gasteiger partial charge is 0.338 e. The van der Waals surface area contributed by atoms with E-state index in [1.54, 1.807) is 17.3 Å². The third-order valence-electron chi connectivity index (χ3n) is 8.08. The molecule has 1 aromatic heterocycles. The molecule has 4 aliphatic carbocycles. The monoisotopic (exact) mass is 491 g/mol. The Morgan fingerprint density at radius 3 is 1.79 bits per heavy atom. The van der Waals surface area contributed by atoms with Crippen LogP contribution in [0.1, 0.15) is 12.8 Å². The van der Waals surface area contributed by atoms with E-state index in [0.717, 1.165) is 51.5 Å². The lowest BCUT2D eigenvalue weighted by Crippen LogP contribution is -2.50. The molecule has 0 N–H and O–H groups in total. The lowest BCUT2D eigenvalue weighted by molar-refractivity contribution is -0.140. The molecule has 2 saturated heterocycles. The zero-order valence-corrected chi connectivity index (χ0v) is 20.2. The molecule has 2 aliphatic heterocycles. The summed E-state index contributed by atoms with van der Waals surface area (Å²) < 4.78 is 0. The summed E-state index contributed by atoms with van der Waals surface area (Å²) in [5.74, 6) is 2.19. The first-order valence-electron chi connectivity index (χ1n) is 11.7. The molecule has 2 bridgehead atoms. The molecule has 3 heterocycles. The number of allylic oxidation sites excluding steroid dienone is 4. The lowest BCUT2D eigenvalue weighted by atomic mass is 9.50. The predicted octanol–water partition coefficient (Wildman–Crippen LogP) is 2.44. The van der Waals surface area contributed by atoms with Crippen LogP contribution < -0.4 is 4.90 Å². The molecule has 178 valence electrons. The van der Waals surface area contributed by atoms with Crippen molar-refractivity contribution in [2.45, 2.75) is 12.8 Å². The Kier molecular flexibility index (Phi) is 7.12. The Morgan fingerprint density at radius 2 is 1.24 bits per heavy atom. The summed E-state index contributed by atoms with van der Waals surface area (Å²) in [6.45, 7) is 5.44. The first-order valence-corrected chi connectivity index (χ1v) is 11.7. The Labute approximate surface area is 207 Å². The van der Waals surface area contributed by atoms with E-state index in [4.69, 9.17) is 0 Å². The van der Waals surface area contributed by atoms with Gasteiger partial charge in [0.2, 0.25) is 17.8 Å². The molecular formula is C24H31Cl2N5O2. The minimum absolute atomic E-state index is 0. The molecule has 0 unspecified atom stereocenters. The van der Waals surface area contributed by atoms with E-state index in [2.05, 4.69) is 44.1 Å². The highest BCUT2D eigenvalue weighted by molar-refractivity contribution is 6.06. The second-order valence-corrected chi connectivity index (χ2v) is 9.54. The molecule has 0 radical (unpaired) electrons. The highest BCUT2D eigenvalue weighted by atomic mass is 35.5. The van der Waals surface area contributed by atoms with Crippen molar-refractivity contribution in [3.63, 3.8) is 0 Å². The van der Waals surface area contributed by atoms with Crippen LogP contribution in [-0.2, 0) is 9.59 Å². The van der Waals surface area contributed by atoms with Crippen LogP contribution in [0, 0.1) is 35.5 Å². The van der Waals surface area contributed by atoms with Gasteiger partial charge in [0.1, 0.15) is 0 Å². The van der Waals surface area contributed by atoms with Gasteiger partial charge in [-0.2, -0.15) is 0 Å². The third kappa shape index (κ3) is 3.98. The van der Waals surface area contributed by atoms with Crippen molar-refractivity contribution >= 4 is 42.6 Å². The quantitative estimate of drug-likeness (QED) is 0.345. The zero-order valence-electron chi connectivity index (χ0n) is 18.5. The maximum Gasteiger partial charge on any atom is 0.233 e. The van der Waals surface area contributed by atoms with Crippen molar-refractivity contribution in [2.75, 3.05) is 44.2 Å². The van der Waals surface area contributed by atoms with E-state index >= 15 is 0 Å². The molecule has 1 aromatic rings. The fraction of sp³-hybridized carbons (Fsp3) is 0.583. The van der Waals surface area contributed by atoms with Crippen molar-refractivity contribution < 1.29 is 9.59 Å². The highest BCUT2D eigenvalue weighted by Crippen LogP contribution is 2.58. The molecular weight excluding hydrogens is 461 g/mol. The molecule has 2 amide bonds. The van der Waals surface area contributed by atoms with Crippen molar-refractivity contribution in [1.29, 1.82) is 0 Å². The lowest BCUT2D eigenvalue weighted by Gasteiger charge is -2.51. The number of hydrogen-bond acceptors (Lipinski definition) is 6. The van der Waals surface area contributed by atoms with Gasteiger partial charge >= 0.3 is 0 Å². The maximum absolute atomic E-state index is 13.1. The smallest absolute Gasteiger partial charge is 0.233 e. The Balaban J connectivity index is 0.00000130. The number of anilines is 1. The number of aromatic nitrogens is 2. The topological polar surface area (TPSA) is 69.6 Å². The second-order valence-electron chi connectivity index (χ2n) is 9.54.